The maximum atomic E-state index is 11.7. The first-order chi connectivity index (χ1) is 9.28. The van der Waals surface area contributed by atoms with Crippen molar-refractivity contribution in [2.24, 2.45) is 17.8 Å². The molecule has 1 amide bonds. The summed E-state index contributed by atoms with van der Waals surface area (Å²) in [4.78, 5) is 11.7. The summed E-state index contributed by atoms with van der Waals surface area (Å²) in [6, 6.07) is 0. The van der Waals surface area contributed by atoms with Crippen molar-refractivity contribution >= 4 is 6.09 Å². The van der Waals surface area contributed by atoms with Gasteiger partial charge in [-0.05, 0) is 58.0 Å². The third kappa shape index (κ3) is 8.41. The fourth-order valence-corrected chi connectivity index (χ4v) is 2.07. The smallest absolute Gasteiger partial charge is 0.407 e. The Bertz CT molecular complexity index is 293. The fourth-order valence-electron chi connectivity index (χ4n) is 2.07. The van der Waals surface area contributed by atoms with Crippen LogP contribution in [-0.2, 0) is 4.74 Å². The molecule has 1 rings (SSSR count). The molecule has 1 fully saturated rings. The van der Waals surface area contributed by atoms with Crippen LogP contribution in [0, 0.1) is 17.8 Å². The molecule has 0 aromatic heterocycles. The maximum absolute atomic E-state index is 11.7. The molecule has 1 unspecified atom stereocenters. The average molecular weight is 284 g/mol. The molecule has 118 valence electrons. The van der Waals surface area contributed by atoms with Gasteiger partial charge in [0.2, 0.25) is 0 Å². The van der Waals surface area contributed by atoms with Crippen molar-refractivity contribution in [3.63, 3.8) is 0 Å². The van der Waals surface area contributed by atoms with Gasteiger partial charge in [-0.2, -0.15) is 0 Å². The molecular weight excluding hydrogens is 252 g/mol. The van der Waals surface area contributed by atoms with Crippen LogP contribution in [0.1, 0.15) is 53.9 Å². The molecule has 4 heteroatoms. The Balaban J connectivity index is 2.18. The minimum atomic E-state index is -0.431. The van der Waals surface area contributed by atoms with Gasteiger partial charge in [-0.15, -0.1) is 0 Å². The van der Waals surface area contributed by atoms with Crippen molar-refractivity contribution in [2.45, 2.75) is 59.5 Å². The maximum Gasteiger partial charge on any atom is 0.407 e. The monoisotopic (exact) mass is 284 g/mol. The van der Waals surface area contributed by atoms with Gasteiger partial charge in [0.15, 0.2) is 0 Å². The predicted molar refractivity (Wildman–Crippen MR) is 82.8 cm³/mol. The molecule has 1 saturated carbocycles. The SMILES string of the molecule is CC(C)C(CNCCC1CC1)CNC(=O)OC(C)(C)C. The zero-order valence-electron chi connectivity index (χ0n) is 13.8. The summed E-state index contributed by atoms with van der Waals surface area (Å²) in [6.07, 6.45) is 3.80. The van der Waals surface area contributed by atoms with Crippen molar-refractivity contribution in [3.05, 3.63) is 0 Å². The normalized spacial score (nSPS) is 17.1. The summed E-state index contributed by atoms with van der Waals surface area (Å²) in [6.45, 7) is 12.8. The molecule has 1 aliphatic carbocycles. The van der Waals surface area contributed by atoms with Gasteiger partial charge >= 0.3 is 6.09 Å². The van der Waals surface area contributed by atoms with Crippen LogP contribution in [0.25, 0.3) is 0 Å². The zero-order valence-corrected chi connectivity index (χ0v) is 13.8. The van der Waals surface area contributed by atoms with Gasteiger partial charge < -0.3 is 15.4 Å². The molecule has 4 nitrogen and oxygen atoms in total. The molecule has 1 atom stereocenters. The van der Waals surface area contributed by atoms with Gasteiger partial charge in [-0.25, -0.2) is 4.79 Å². The number of carbonyl (C=O) groups excluding carboxylic acids is 1. The second-order valence-electron chi connectivity index (χ2n) is 7.32. The Labute approximate surface area is 124 Å². The molecule has 2 N–H and O–H groups in total. The molecule has 0 bridgehead atoms. The Kier molecular flexibility index (Phi) is 6.80. The zero-order chi connectivity index (χ0) is 15.2. The number of hydrogen-bond acceptors (Lipinski definition) is 3. The molecule has 1 aliphatic rings. The minimum absolute atomic E-state index is 0.318. The van der Waals surface area contributed by atoms with Crippen LogP contribution in [0.3, 0.4) is 0 Å². The minimum Gasteiger partial charge on any atom is -0.444 e. The summed E-state index contributed by atoms with van der Waals surface area (Å²) in [5.41, 5.74) is -0.431. The molecule has 0 aromatic carbocycles. The summed E-state index contributed by atoms with van der Waals surface area (Å²) in [7, 11) is 0. The number of ether oxygens (including phenoxy) is 1. The Hall–Kier alpha value is -0.770. The van der Waals surface area contributed by atoms with Crippen LogP contribution >= 0.6 is 0 Å². The topological polar surface area (TPSA) is 50.4 Å². The summed E-state index contributed by atoms with van der Waals surface area (Å²) in [5, 5.41) is 6.40. The first kappa shape index (κ1) is 17.3. The number of hydrogen-bond donors (Lipinski definition) is 2. The molecule has 0 saturated heterocycles. The summed E-state index contributed by atoms with van der Waals surface area (Å²) >= 11 is 0. The largest absolute Gasteiger partial charge is 0.444 e. The highest BCUT2D eigenvalue weighted by atomic mass is 16.6. The molecule has 0 spiro atoms. The predicted octanol–water partition coefficient (Wildman–Crippen LogP) is 3.17. The van der Waals surface area contributed by atoms with Crippen LogP contribution in [0.4, 0.5) is 4.79 Å². The Morgan fingerprint density at radius 3 is 2.40 bits per heavy atom. The lowest BCUT2D eigenvalue weighted by Gasteiger charge is -2.24. The summed E-state index contributed by atoms with van der Waals surface area (Å²) < 4.78 is 5.26. The van der Waals surface area contributed by atoms with E-state index >= 15 is 0 Å². The first-order valence-corrected chi connectivity index (χ1v) is 7.95. The molecule has 0 heterocycles. The highest BCUT2D eigenvalue weighted by Gasteiger charge is 2.21. The van der Waals surface area contributed by atoms with Crippen molar-refractivity contribution < 1.29 is 9.53 Å². The van der Waals surface area contributed by atoms with Gasteiger partial charge in [0.1, 0.15) is 5.60 Å². The van der Waals surface area contributed by atoms with Crippen LogP contribution in [0.5, 0.6) is 0 Å². The molecule has 0 aromatic rings. The summed E-state index contributed by atoms with van der Waals surface area (Å²) in [5.74, 6) is 1.96. The fraction of sp³-hybridized carbons (Fsp3) is 0.938. The van der Waals surface area contributed by atoms with Crippen molar-refractivity contribution in [1.82, 2.24) is 10.6 Å². The highest BCUT2D eigenvalue weighted by Crippen LogP contribution is 2.31. The van der Waals surface area contributed by atoms with Crippen molar-refractivity contribution in [2.75, 3.05) is 19.6 Å². The van der Waals surface area contributed by atoms with E-state index < -0.39 is 5.60 Å². The third-order valence-electron chi connectivity index (χ3n) is 3.68. The highest BCUT2D eigenvalue weighted by molar-refractivity contribution is 5.67. The van der Waals surface area contributed by atoms with E-state index in [4.69, 9.17) is 4.74 Å². The molecule has 0 aliphatic heterocycles. The van der Waals surface area contributed by atoms with Gasteiger partial charge in [-0.1, -0.05) is 26.7 Å². The van der Waals surface area contributed by atoms with E-state index in [1.54, 1.807) is 0 Å². The van der Waals surface area contributed by atoms with Crippen molar-refractivity contribution in [1.29, 1.82) is 0 Å². The lowest BCUT2D eigenvalue weighted by atomic mass is 9.95. The van der Waals surface area contributed by atoms with Crippen LogP contribution in [-0.4, -0.2) is 31.3 Å². The van der Waals surface area contributed by atoms with E-state index in [0.29, 0.717) is 18.4 Å². The lowest BCUT2D eigenvalue weighted by molar-refractivity contribution is 0.0515. The van der Waals surface area contributed by atoms with Gasteiger partial charge in [-0.3, -0.25) is 0 Å². The second-order valence-corrected chi connectivity index (χ2v) is 7.32. The first-order valence-electron chi connectivity index (χ1n) is 7.95. The number of rotatable bonds is 8. The number of amides is 1. The Morgan fingerprint density at radius 2 is 1.90 bits per heavy atom. The van der Waals surface area contributed by atoms with Gasteiger partial charge in [0.25, 0.3) is 0 Å². The van der Waals surface area contributed by atoms with E-state index in [1.165, 1.54) is 19.3 Å². The molecule has 20 heavy (non-hydrogen) atoms. The van der Waals surface area contributed by atoms with E-state index in [0.717, 1.165) is 19.0 Å². The average Bonchev–Trinajstić information content (AvgIpc) is 3.08. The van der Waals surface area contributed by atoms with Crippen LogP contribution in [0.2, 0.25) is 0 Å². The Morgan fingerprint density at radius 1 is 1.25 bits per heavy atom. The molecular formula is C16H32N2O2. The van der Waals surface area contributed by atoms with Crippen LogP contribution < -0.4 is 10.6 Å². The van der Waals surface area contributed by atoms with Gasteiger partial charge in [0.05, 0.1) is 0 Å². The molecule has 0 radical (unpaired) electrons. The van der Waals surface area contributed by atoms with E-state index in [1.807, 2.05) is 20.8 Å². The number of nitrogens with one attached hydrogen (secondary N) is 2. The van der Waals surface area contributed by atoms with E-state index in [-0.39, 0.29) is 6.09 Å². The van der Waals surface area contributed by atoms with Gasteiger partial charge in [0, 0.05) is 6.54 Å². The standard InChI is InChI=1S/C16H32N2O2/c1-12(2)14(10-17-9-8-13-6-7-13)11-18-15(19)20-16(3,4)5/h12-14,17H,6-11H2,1-5H3,(H,18,19). The van der Waals surface area contributed by atoms with E-state index in [2.05, 4.69) is 24.5 Å². The second kappa shape index (κ2) is 7.87. The quantitative estimate of drug-likeness (QED) is 0.673. The number of carbonyl (C=O) groups is 1. The van der Waals surface area contributed by atoms with Crippen LogP contribution in [0.15, 0.2) is 0 Å². The van der Waals surface area contributed by atoms with E-state index in [9.17, 15) is 4.79 Å². The van der Waals surface area contributed by atoms with Crippen molar-refractivity contribution in [3.8, 4) is 0 Å². The third-order valence-corrected chi connectivity index (χ3v) is 3.68. The lowest BCUT2D eigenvalue weighted by Crippen LogP contribution is -2.39. The number of alkyl carbamates (subject to hydrolysis) is 1.